The minimum atomic E-state index is -0.708. The second-order valence-corrected chi connectivity index (χ2v) is 12.8. The average Bonchev–Trinajstić information content (AvgIpc) is 3.06. The van der Waals surface area contributed by atoms with Crippen molar-refractivity contribution in [2.75, 3.05) is 12.9 Å². The van der Waals surface area contributed by atoms with E-state index < -0.39 is 36.2 Å². The first-order valence-corrected chi connectivity index (χ1v) is 17.8. The van der Waals surface area contributed by atoms with E-state index in [0.29, 0.717) is 31.4 Å². The molecule has 0 radical (unpaired) electrons. The maximum atomic E-state index is 13.1. The van der Waals surface area contributed by atoms with E-state index in [9.17, 15) is 19.2 Å². The van der Waals surface area contributed by atoms with Gasteiger partial charge in [0.2, 0.25) is 0 Å². The first-order valence-electron chi connectivity index (χ1n) is 16.8. The van der Waals surface area contributed by atoms with Crippen LogP contribution in [0, 0.1) is 0 Å². The quantitative estimate of drug-likeness (QED) is 0.0471. The molecule has 0 aliphatic heterocycles. The fraction of sp³-hybridized carbons (Fsp3) is 0.487. The van der Waals surface area contributed by atoms with E-state index in [-0.39, 0.29) is 37.6 Å². The van der Waals surface area contributed by atoms with Crippen molar-refractivity contribution >= 4 is 41.5 Å². The van der Waals surface area contributed by atoms with Gasteiger partial charge in [0.1, 0.15) is 24.1 Å². The van der Waals surface area contributed by atoms with Crippen LogP contribution in [0.3, 0.4) is 0 Å². The molecule has 48 heavy (non-hydrogen) atoms. The lowest BCUT2D eigenvalue weighted by molar-refractivity contribution is -0.161. The fourth-order valence-electron chi connectivity index (χ4n) is 4.92. The van der Waals surface area contributed by atoms with Crippen molar-refractivity contribution in [3.05, 3.63) is 84.5 Å². The number of allylic oxidation sites excluding steroid dienone is 1. The minimum absolute atomic E-state index is 0.0525. The molecule has 0 amide bonds. The van der Waals surface area contributed by atoms with Crippen LogP contribution in [0.15, 0.2) is 78.2 Å². The molecule has 0 heterocycles. The van der Waals surface area contributed by atoms with Gasteiger partial charge >= 0.3 is 17.9 Å². The molecule has 0 aromatic heterocycles. The molecule has 0 N–H and O–H groups in total. The number of hydrogen-bond acceptors (Lipinski definition) is 9. The summed E-state index contributed by atoms with van der Waals surface area (Å²) in [5.41, 5.74) is 2.17. The summed E-state index contributed by atoms with van der Waals surface area (Å²) >= 11 is 1.61. The van der Waals surface area contributed by atoms with Crippen LogP contribution < -0.4 is 0 Å². The van der Waals surface area contributed by atoms with Crippen molar-refractivity contribution in [2.24, 2.45) is 0 Å². The number of Topliss-reactive ketones (excluding diaryl/α,β-unsaturated/α-hetero) is 1. The molecule has 0 saturated carbocycles. The van der Waals surface area contributed by atoms with Crippen molar-refractivity contribution in [3.8, 4) is 0 Å². The highest BCUT2D eigenvalue weighted by Crippen LogP contribution is 2.22. The van der Waals surface area contributed by atoms with Crippen LogP contribution in [-0.2, 0) is 44.5 Å². The highest BCUT2D eigenvalue weighted by Gasteiger charge is 2.26. The largest absolute Gasteiger partial charge is 0.462 e. The highest BCUT2D eigenvalue weighted by molar-refractivity contribution is 7.99. The van der Waals surface area contributed by atoms with E-state index in [0.717, 1.165) is 28.9 Å². The van der Waals surface area contributed by atoms with Crippen LogP contribution in [0.25, 0.3) is 6.08 Å². The molecule has 0 aliphatic carbocycles. The third-order valence-electron chi connectivity index (χ3n) is 7.60. The summed E-state index contributed by atoms with van der Waals surface area (Å²) in [6.07, 6.45) is 6.70. The van der Waals surface area contributed by atoms with Gasteiger partial charge in [-0.25, -0.2) is 0 Å². The number of methoxy groups -OCH3 is 1. The van der Waals surface area contributed by atoms with Crippen molar-refractivity contribution < 1.29 is 38.1 Å². The maximum Gasteiger partial charge on any atom is 0.309 e. The zero-order chi connectivity index (χ0) is 35.1. The van der Waals surface area contributed by atoms with Crippen LogP contribution in [0.5, 0.6) is 0 Å². The van der Waals surface area contributed by atoms with Crippen LogP contribution in [0.1, 0.15) is 89.7 Å². The molecule has 2 aromatic rings. The van der Waals surface area contributed by atoms with Crippen molar-refractivity contribution in [1.29, 1.82) is 0 Å². The van der Waals surface area contributed by atoms with Gasteiger partial charge in [-0.3, -0.25) is 19.2 Å². The molecule has 2 aromatic carbocycles. The Morgan fingerprint density at radius 3 is 1.94 bits per heavy atom. The van der Waals surface area contributed by atoms with E-state index in [1.165, 1.54) is 6.92 Å². The molecule has 2 rings (SSSR count). The topological polar surface area (TPSA) is 105 Å². The Morgan fingerprint density at radius 2 is 1.35 bits per heavy atom. The Morgan fingerprint density at radius 1 is 0.750 bits per heavy atom. The molecule has 262 valence electrons. The summed E-state index contributed by atoms with van der Waals surface area (Å²) in [7, 11) is 1.57. The fourth-order valence-corrected chi connectivity index (χ4v) is 5.88. The summed E-state index contributed by atoms with van der Waals surface area (Å²) in [5, 5.41) is 0. The van der Waals surface area contributed by atoms with Crippen LogP contribution in [0.2, 0.25) is 0 Å². The van der Waals surface area contributed by atoms with Gasteiger partial charge in [-0.2, -0.15) is 0 Å². The third kappa shape index (κ3) is 17.5. The van der Waals surface area contributed by atoms with Gasteiger partial charge in [0.25, 0.3) is 0 Å². The summed E-state index contributed by atoms with van der Waals surface area (Å²) < 4.78 is 22.7. The van der Waals surface area contributed by atoms with E-state index in [2.05, 4.69) is 6.58 Å². The smallest absolute Gasteiger partial charge is 0.309 e. The summed E-state index contributed by atoms with van der Waals surface area (Å²) in [4.78, 5) is 51.6. The molecule has 4 unspecified atom stereocenters. The highest BCUT2D eigenvalue weighted by atomic mass is 32.2. The summed E-state index contributed by atoms with van der Waals surface area (Å²) in [6, 6.07) is 17.9. The third-order valence-corrected chi connectivity index (χ3v) is 8.65. The number of hydrogen-bond donors (Lipinski definition) is 0. The number of carbonyl (C=O) groups excluding carboxylic acids is 4. The molecule has 0 spiro atoms. The van der Waals surface area contributed by atoms with Gasteiger partial charge in [0, 0.05) is 30.6 Å². The Bertz CT molecular complexity index is 1290. The molecular weight excluding hydrogens is 628 g/mol. The Balaban J connectivity index is 1.98. The van der Waals surface area contributed by atoms with E-state index in [1.54, 1.807) is 24.9 Å². The predicted octanol–water partition coefficient (Wildman–Crippen LogP) is 8.11. The van der Waals surface area contributed by atoms with Crippen LogP contribution >= 0.6 is 11.8 Å². The molecular formula is C39H52O8S. The maximum absolute atomic E-state index is 13.1. The molecule has 0 fully saturated rings. The molecule has 8 nitrogen and oxygen atoms in total. The first-order chi connectivity index (χ1) is 23.1. The number of ether oxygens (including phenoxy) is 4. The van der Waals surface area contributed by atoms with Crippen molar-refractivity contribution in [3.63, 3.8) is 0 Å². The number of aryl methyl sites for hydroxylation is 1. The number of rotatable bonds is 24. The Kier molecular flexibility index (Phi) is 19.9. The number of carbonyl (C=O) groups is 4. The summed E-state index contributed by atoms with van der Waals surface area (Å²) in [5.74, 6) is -0.991. The van der Waals surface area contributed by atoms with Gasteiger partial charge in [-0.1, -0.05) is 81.1 Å². The van der Waals surface area contributed by atoms with Crippen LogP contribution in [-0.4, -0.2) is 61.0 Å². The van der Waals surface area contributed by atoms with Crippen molar-refractivity contribution in [2.45, 2.75) is 114 Å². The van der Waals surface area contributed by atoms with E-state index in [4.69, 9.17) is 18.9 Å². The summed E-state index contributed by atoms with van der Waals surface area (Å²) in [6.45, 7) is 9.05. The second-order valence-electron chi connectivity index (χ2n) is 11.7. The molecule has 9 heteroatoms. The zero-order valence-electron chi connectivity index (χ0n) is 28.9. The number of thioether (sulfide) groups is 1. The Labute approximate surface area is 290 Å². The van der Waals surface area contributed by atoms with Gasteiger partial charge in [0.05, 0.1) is 25.4 Å². The minimum Gasteiger partial charge on any atom is -0.462 e. The number of benzene rings is 2. The zero-order valence-corrected chi connectivity index (χ0v) is 29.7. The van der Waals surface area contributed by atoms with E-state index >= 15 is 0 Å². The monoisotopic (exact) mass is 680 g/mol. The number of ketones is 1. The number of esters is 3. The van der Waals surface area contributed by atoms with E-state index in [1.807, 2.05) is 80.6 Å². The molecule has 0 aliphatic rings. The van der Waals surface area contributed by atoms with Gasteiger partial charge in [-0.05, 0) is 62.3 Å². The molecule has 0 saturated heterocycles. The predicted molar refractivity (Wildman–Crippen MR) is 191 cm³/mol. The van der Waals surface area contributed by atoms with Gasteiger partial charge in [0.15, 0.2) is 0 Å². The van der Waals surface area contributed by atoms with Gasteiger partial charge < -0.3 is 18.9 Å². The average molecular weight is 681 g/mol. The molecule has 4 atom stereocenters. The lowest BCUT2D eigenvalue weighted by Gasteiger charge is -2.22. The lowest BCUT2D eigenvalue weighted by Crippen LogP contribution is -2.29. The van der Waals surface area contributed by atoms with Crippen LogP contribution in [0.4, 0.5) is 0 Å². The second kappa shape index (κ2) is 23.6. The first kappa shape index (κ1) is 40.5. The normalized spacial score (nSPS) is 13.7. The Hall–Kier alpha value is -3.69. The molecule has 0 bridgehead atoms. The SMILES string of the molecule is C=Cc1ccc(CCC(CC(=O)OC(CCSc2ccccc2)CC(=O)OC(CC)CC(=O)OC(CC=CCC)CC(C)=O)OC)cc1. The van der Waals surface area contributed by atoms with Crippen molar-refractivity contribution in [1.82, 2.24) is 0 Å². The van der Waals surface area contributed by atoms with Gasteiger partial charge in [-0.15, -0.1) is 11.8 Å². The lowest BCUT2D eigenvalue weighted by atomic mass is 10.0. The standard InChI is InChI=1S/C39H52O8S/c1-6-9-11-14-34(25-29(4)40)46-37(41)26-32(8-3)45-39(43)28-35(23-24-48-36-15-12-10-13-16-36)47-38(42)27-33(44-5)22-21-31-19-17-30(7-2)18-20-31/h7,9-13,15-20,32-35H,2,6,8,14,21-28H2,1,3-5H3.